The summed E-state index contributed by atoms with van der Waals surface area (Å²) in [5.41, 5.74) is 1.06. The summed E-state index contributed by atoms with van der Waals surface area (Å²) in [5.74, 6) is -0.218. The monoisotopic (exact) mass is 267 g/mol. The molecule has 0 bridgehead atoms. The molecule has 1 aromatic rings. The minimum absolute atomic E-state index is 0.218. The number of halogens is 1. The molecule has 0 amide bonds. The lowest BCUT2D eigenvalue weighted by Crippen LogP contribution is -2.36. The van der Waals surface area contributed by atoms with Crippen LogP contribution in [0.25, 0.3) is 0 Å². The van der Waals surface area contributed by atoms with Gasteiger partial charge in [-0.1, -0.05) is 12.1 Å². The molecule has 3 nitrogen and oxygen atoms in total. The van der Waals surface area contributed by atoms with E-state index in [1.165, 1.54) is 12.1 Å². The second-order valence-electron chi connectivity index (χ2n) is 5.30. The van der Waals surface area contributed by atoms with Crippen molar-refractivity contribution in [2.24, 2.45) is 0 Å². The zero-order chi connectivity index (χ0) is 13.7. The second-order valence-corrected chi connectivity index (χ2v) is 5.30. The number of nitrogens with zero attached hydrogens (tertiary/aromatic N) is 1. The molecule has 2 atom stereocenters. The predicted octanol–water partition coefficient (Wildman–Crippen LogP) is 2.19. The summed E-state index contributed by atoms with van der Waals surface area (Å²) < 4.78 is 18.5. The van der Waals surface area contributed by atoms with Gasteiger partial charge in [-0.2, -0.15) is 0 Å². The van der Waals surface area contributed by atoms with Crippen molar-refractivity contribution in [3.63, 3.8) is 0 Å². The number of ether oxygens (including phenoxy) is 1. The van der Waals surface area contributed by atoms with E-state index in [1.807, 2.05) is 0 Å². The molecule has 1 aromatic carbocycles. The van der Waals surface area contributed by atoms with Crippen LogP contribution in [0.15, 0.2) is 24.3 Å². The lowest BCUT2D eigenvalue weighted by molar-refractivity contribution is 0.0504. The lowest BCUT2D eigenvalue weighted by atomic mass is 10.1. The van der Waals surface area contributed by atoms with Crippen molar-refractivity contribution in [2.75, 3.05) is 19.7 Å². The molecular formula is C15H22FNO2. The van der Waals surface area contributed by atoms with Crippen molar-refractivity contribution in [1.29, 1.82) is 0 Å². The van der Waals surface area contributed by atoms with Gasteiger partial charge in [0.15, 0.2) is 0 Å². The van der Waals surface area contributed by atoms with Crippen LogP contribution in [0.2, 0.25) is 0 Å². The molecule has 4 heteroatoms. The van der Waals surface area contributed by atoms with Crippen LogP contribution < -0.4 is 0 Å². The van der Waals surface area contributed by atoms with E-state index in [4.69, 9.17) is 4.74 Å². The van der Waals surface area contributed by atoms with E-state index in [9.17, 15) is 9.50 Å². The molecular weight excluding hydrogens is 245 g/mol. The maximum absolute atomic E-state index is 12.9. The van der Waals surface area contributed by atoms with Gasteiger partial charge in [0, 0.05) is 26.2 Å². The average Bonchev–Trinajstić information content (AvgIpc) is 2.84. The molecule has 0 aromatic heterocycles. The fourth-order valence-corrected chi connectivity index (χ4v) is 2.50. The standard InChI is InChI=1S/C15H22FNO2/c1-12(18)9-17(11-15-3-2-8-19-15)10-13-4-6-14(16)7-5-13/h4-7,12,15,18H,2-3,8-11H2,1H3. The molecule has 106 valence electrons. The first kappa shape index (κ1) is 14.4. The Morgan fingerprint density at radius 2 is 2.16 bits per heavy atom. The Balaban J connectivity index is 1.93. The van der Waals surface area contributed by atoms with Crippen molar-refractivity contribution < 1.29 is 14.2 Å². The quantitative estimate of drug-likeness (QED) is 0.857. The summed E-state index contributed by atoms with van der Waals surface area (Å²) in [6, 6.07) is 6.53. The van der Waals surface area contributed by atoms with Gasteiger partial charge in [0.25, 0.3) is 0 Å². The van der Waals surface area contributed by atoms with E-state index in [0.29, 0.717) is 13.1 Å². The topological polar surface area (TPSA) is 32.7 Å². The molecule has 0 radical (unpaired) electrons. The minimum Gasteiger partial charge on any atom is -0.392 e. The fourth-order valence-electron chi connectivity index (χ4n) is 2.50. The van der Waals surface area contributed by atoms with Gasteiger partial charge in [0.05, 0.1) is 12.2 Å². The molecule has 1 aliphatic rings. The van der Waals surface area contributed by atoms with Gasteiger partial charge in [-0.3, -0.25) is 4.90 Å². The highest BCUT2D eigenvalue weighted by atomic mass is 19.1. The molecule has 1 fully saturated rings. The van der Waals surface area contributed by atoms with Crippen LogP contribution in [0.4, 0.5) is 4.39 Å². The molecule has 1 aliphatic heterocycles. The van der Waals surface area contributed by atoms with E-state index in [-0.39, 0.29) is 18.0 Å². The predicted molar refractivity (Wildman–Crippen MR) is 72.3 cm³/mol. The van der Waals surface area contributed by atoms with E-state index >= 15 is 0 Å². The Morgan fingerprint density at radius 1 is 1.42 bits per heavy atom. The van der Waals surface area contributed by atoms with E-state index < -0.39 is 0 Å². The fraction of sp³-hybridized carbons (Fsp3) is 0.600. The van der Waals surface area contributed by atoms with Crippen molar-refractivity contribution >= 4 is 0 Å². The summed E-state index contributed by atoms with van der Waals surface area (Å²) in [5, 5.41) is 9.58. The SMILES string of the molecule is CC(O)CN(Cc1ccc(F)cc1)CC1CCCO1. The maximum Gasteiger partial charge on any atom is 0.123 e. The van der Waals surface area contributed by atoms with E-state index in [2.05, 4.69) is 4.90 Å². The van der Waals surface area contributed by atoms with Crippen LogP contribution in [-0.2, 0) is 11.3 Å². The van der Waals surface area contributed by atoms with Crippen LogP contribution >= 0.6 is 0 Å². The van der Waals surface area contributed by atoms with Gasteiger partial charge in [-0.25, -0.2) is 4.39 Å². The third-order valence-corrected chi connectivity index (χ3v) is 3.33. The zero-order valence-electron chi connectivity index (χ0n) is 11.4. The molecule has 1 heterocycles. The molecule has 0 aliphatic carbocycles. The Morgan fingerprint density at radius 3 is 2.74 bits per heavy atom. The summed E-state index contributed by atoms with van der Waals surface area (Å²) in [6.45, 7) is 4.77. The van der Waals surface area contributed by atoms with E-state index in [0.717, 1.165) is 31.6 Å². The minimum atomic E-state index is -0.373. The van der Waals surface area contributed by atoms with Crippen LogP contribution in [0, 0.1) is 5.82 Å². The number of aliphatic hydroxyl groups excluding tert-OH is 1. The highest BCUT2D eigenvalue weighted by molar-refractivity contribution is 5.15. The van der Waals surface area contributed by atoms with Gasteiger partial charge in [0.1, 0.15) is 5.82 Å². The molecule has 1 saturated heterocycles. The van der Waals surface area contributed by atoms with Crippen LogP contribution in [0.3, 0.4) is 0 Å². The number of rotatable bonds is 6. The highest BCUT2D eigenvalue weighted by Crippen LogP contribution is 2.15. The largest absolute Gasteiger partial charge is 0.392 e. The Labute approximate surface area is 114 Å². The molecule has 2 unspecified atom stereocenters. The van der Waals surface area contributed by atoms with Gasteiger partial charge in [-0.15, -0.1) is 0 Å². The Bertz CT molecular complexity index is 374. The first-order valence-corrected chi connectivity index (χ1v) is 6.90. The number of benzene rings is 1. The molecule has 1 N–H and O–H groups in total. The van der Waals surface area contributed by atoms with Gasteiger partial charge < -0.3 is 9.84 Å². The third kappa shape index (κ3) is 4.90. The number of hydrogen-bond acceptors (Lipinski definition) is 3. The third-order valence-electron chi connectivity index (χ3n) is 3.33. The lowest BCUT2D eigenvalue weighted by Gasteiger charge is -2.26. The smallest absolute Gasteiger partial charge is 0.123 e. The summed E-state index contributed by atoms with van der Waals surface area (Å²) >= 11 is 0. The normalized spacial score (nSPS) is 20.9. The number of aliphatic hydroxyl groups is 1. The van der Waals surface area contributed by atoms with Crippen LogP contribution in [0.5, 0.6) is 0 Å². The van der Waals surface area contributed by atoms with Gasteiger partial charge >= 0.3 is 0 Å². The summed E-state index contributed by atoms with van der Waals surface area (Å²) in [4.78, 5) is 2.17. The molecule has 2 rings (SSSR count). The Kier molecular flexibility index (Phi) is 5.31. The number of hydrogen-bond donors (Lipinski definition) is 1. The average molecular weight is 267 g/mol. The van der Waals surface area contributed by atoms with Crippen molar-refractivity contribution in [1.82, 2.24) is 4.90 Å². The van der Waals surface area contributed by atoms with Crippen molar-refractivity contribution in [3.8, 4) is 0 Å². The first-order valence-electron chi connectivity index (χ1n) is 6.90. The summed E-state index contributed by atoms with van der Waals surface area (Å²) in [6.07, 6.45) is 2.09. The maximum atomic E-state index is 12.9. The van der Waals surface area contributed by atoms with Crippen LogP contribution in [-0.4, -0.2) is 41.9 Å². The Hall–Kier alpha value is -0.970. The molecule has 0 saturated carbocycles. The highest BCUT2D eigenvalue weighted by Gasteiger charge is 2.20. The zero-order valence-corrected chi connectivity index (χ0v) is 11.4. The molecule has 19 heavy (non-hydrogen) atoms. The van der Waals surface area contributed by atoms with Crippen LogP contribution in [0.1, 0.15) is 25.3 Å². The molecule has 0 spiro atoms. The summed E-state index contributed by atoms with van der Waals surface area (Å²) in [7, 11) is 0. The van der Waals surface area contributed by atoms with Gasteiger partial charge in [-0.05, 0) is 37.5 Å². The van der Waals surface area contributed by atoms with E-state index in [1.54, 1.807) is 19.1 Å². The second kappa shape index (κ2) is 6.98. The van der Waals surface area contributed by atoms with Gasteiger partial charge in [0.2, 0.25) is 0 Å². The van der Waals surface area contributed by atoms with Crippen molar-refractivity contribution in [3.05, 3.63) is 35.6 Å². The first-order chi connectivity index (χ1) is 9.13. The van der Waals surface area contributed by atoms with Crippen molar-refractivity contribution in [2.45, 2.75) is 38.5 Å².